The fraction of sp³-hybridized carbons (Fsp3) is 0.286. The van der Waals surface area contributed by atoms with Gasteiger partial charge in [-0.05, 0) is 59.9 Å². The molecule has 0 fully saturated rings. The van der Waals surface area contributed by atoms with E-state index in [0.717, 1.165) is 0 Å². The van der Waals surface area contributed by atoms with Crippen molar-refractivity contribution >= 4 is 23.7 Å². The minimum Gasteiger partial charge on any atom is -0.320 e. The van der Waals surface area contributed by atoms with Crippen molar-refractivity contribution in [1.82, 2.24) is 0 Å². The summed E-state index contributed by atoms with van der Waals surface area (Å²) < 4.78 is 0. The monoisotopic (exact) mass is 267 g/mol. The van der Waals surface area contributed by atoms with Crippen molar-refractivity contribution in [3.05, 3.63) is 56.8 Å². The van der Waals surface area contributed by atoms with Gasteiger partial charge in [-0.2, -0.15) is 11.3 Å². The SMILES string of the molecule is Cc1cc(C)c([C@H](N)c2ccsc2)c(C)c1.Cl. The molecule has 2 aromatic rings. The number of halogens is 1. The molecule has 0 radical (unpaired) electrons. The van der Waals surface area contributed by atoms with Crippen LogP contribution in [0.4, 0.5) is 0 Å². The molecule has 0 aliphatic heterocycles. The Bertz CT molecular complexity index is 468. The maximum atomic E-state index is 6.32. The molecule has 2 rings (SSSR count). The van der Waals surface area contributed by atoms with Crippen molar-refractivity contribution in [3.8, 4) is 0 Å². The quantitative estimate of drug-likeness (QED) is 0.869. The normalized spacial score (nSPS) is 12.0. The Morgan fingerprint density at radius 3 is 2.18 bits per heavy atom. The zero-order valence-corrected chi connectivity index (χ0v) is 12.0. The molecule has 92 valence electrons. The second-order valence-electron chi connectivity index (χ2n) is 4.35. The van der Waals surface area contributed by atoms with Crippen molar-refractivity contribution in [3.63, 3.8) is 0 Å². The van der Waals surface area contributed by atoms with Crippen LogP contribution in [0, 0.1) is 20.8 Å². The first-order chi connectivity index (χ1) is 7.59. The molecule has 0 spiro atoms. The predicted molar refractivity (Wildman–Crippen MR) is 78.3 cm³/mol. The molecular weight excluding hydrogens is 250 g/mol. The Morgan fingerprint density at radius 1 is 1.12 bits per heavy atom. The fourth-order valence-electron chi connectivity index (χ4n) is 2.30. The largest absolute Gasteiger partial charge is 0.320 e. The van der Waals surface area contributed by atoms with Gasteiger partial charge in [0.1, 0.15) is 0 Å². The lowest BCUT2D eigenvalue weighted by Crippen LogP contribution is -2.14. The van der Waals surface area contributed by atoms with Gasteiger partial charge in [-0.3, -0.25) is 0 Å². The average Bonchev–Trinajstić information content (AvgIpc) is 2.67. The van der Waals surface area contributed by atoms with Crippen LogP contribution in [0.3, 0.4) is 0 Å². The van der Waals surface area contributed by atoms with Crippen molar-refractivity contribution in [2.24, 2.45) is 5.73 Å². The molecule has 1 nitrogen and oxygen atoms in total. The van der Waals surface area contributed by atoms with E-state index in [9.17, 15) is 0 Å². The fourth-order valence-corrected chi connectivity index (χ4v) is 3.00. The second-order valence-corrected chi connectivity index (χ2v) is 5.13. The van der Waals surface area contributed by atoms with Gasteiger partial charge in [0.05, 0.1) is 6.04 Å². The Kier molecular flexibility index (Phi) is 4.75. The van der Waals surface area contributed by atoms with Crippen LogP contribution >= 0.6 is 23.7 Å². The standard InChI is InChI=1S/C14H17NS.ClH/c1-9-6-10(2)13(11(3)7-9)14(15)12-4-5-16-8-12;/h4-8,14H,15H2,1-3H3;1H/t14-;/m1./s1. The van der Waals surface area contributed by atoms with Gasteiger partial charge in [-0.25, -0.2) is 0 Å². The lowest BCUT2D eigenvalue weighted by Gasteiger charge is -2.17. The molecule has 3 heteroatoms. The summed E-state index contributed by atoms with van der Waals surface area (Å²) in [6.07, 6.45) is 0. The van der Waals surface area contributed by atoms with Gasteiger partial charge in [0.15, 0.2) is 0 Å². The van der Waals surface area contributed by atoms with E-state index >= 15 is 0 Å². The summed E-state index contributed by atoms with van der Waals surface area (Å²) in [5, 5.41) is 4.21. The highest BCUT2D eigenvalue weighted by molar-refractivity contribution is 7.08. The molecule has 0 saturated carbocycles. The van der Waals surface area contributed by atoms with Crippen LogP contribution < -0.4 is 5.73 Å². The smallest absolute Gasteiger partial charge is 0.0565 e. The van der Waals surface area contributed by atoms with Crippen LogP contribution in [-0.2, 0) is 0 Å². The van der Waals surface area contributed by atoms with E-state index in [4.69, 9.17) is 5.73 Å². The third-order valence-electron chi connectivity index (χ3n) is 2.95. The van der Waals surface area contributed by atoms with E-state index in [1.54, 1.807) is 11.3 Å². The molecule has 2 N–H and O–H groups in total. The zero-order valence-electron chi connectivity index (χ0n) is 10.4. The molecular formula is C14H18ClNS. The van der Waals surface area contributed by atoms with Crippen molar-refractivity contribution in [1.29, 1.82) is 0 Å². The van der Waals surface area contributed by atoms with Crippen LogP contribution in [0.5, 0.6) is 0 Å². The first-order valence-electron chi connectivity index (χ1n) is 5.45. The van der Waals surface area contributed by atoms with E-state index in [1.165, 1.54) is 27.8 Å². The van der Waals surface area contributed by atoms with Gasteiger partial charge >= 0.3 is 0 Å². The van der Waals surface area contributed by atoms with Gasteiger partial charge in [0.25, 0.3) is 0 Å². The highest BCUT2D eigenvalue weighted by Gasteiger charge is 2.14. The Hall–Kier alpha value is -0.830. The molecule has 0 unspecified atom stereocenters. The third kappa shape index (κ3) is 2.89. The highest BCUT2D eigenvalue weighted by Crippen LogP contribution is 2.27. The van der Waals surface area contributed by atoms with Crippen LogP contribution in [0.15, 0.2) is 29.0 Å². The number of hydrogen-bond donors (Lipinski definition) is 1. The molecule has 0 saturated heterocycles. The summed E-state index contributed by atoms with van der Waals surface area (Å²) in [6.45, 7) is 6.41. The number of aryl methyl sites for hydroxylation is 3. The summed E-state index contributed by atoms with van der Waals surface area (Å²) >= 11 is 1.70. The maximum Gasteiger partial charge on any atom is 0.0565 e. The summed E-state index contributed by atoms with van der Waals surface area (Å²) in [5.41, 5.74) is 12.7. The lowest BCUT2D eigenvalue weighted by atomic mass is 9.92. The van der Waals surface area contributed by atoms with Crippen LogP contribution in [0.1, 0.15) is 33.9 Å². The lowest BCUT2D eigenvalue weighted by molar-refractivity contribution is 0.855. The number of nitrogens with two attached hydrogens (primary N) is 1. The number of thiophene rings is 1. The topological polar surface area (TPSA) is 26.0 Å². The van der Waals surface area contributed by atoms with Crippen LogP contribution in [0.25, 0.3) is 0 Å². The Balaban J connectivity index is 0.00000144. The van der Waals surface area contributed by atoms with E-state index in [2.05, 4.69) is 49.7 Å². The summed E-state index contributed by atoms with van der Waals surface area (Å²) in [7, 11) is 0. The molecule has 0 bridgehead atoms. The molecule has 1 atom stereocenters. The highest BCUT2D eigenvalue weighted by atomic mass is 35.5. The van der Waals surface area contributed by atoms with Gasteiger partial charge in [0.2, 0.25) is 0 Å². The van der Waals surface area contributed by atoms with Gasteiger partial charge < -0.3 is 5.73 Å². The summed E-state index contributed by atoms with van der Waals surface area (Å²) in [5.74, 6) is 0. The van der Waals surface area contributed by atoms with Crippen molar-refractivity contribution in [2.45, 2.75) is 26.8 Å². The third-order valence-corrected chi connectivity index (χ3v) is 3.65. The van der Waals surface area contributed by atoms with Gasteiger partial charge in [0, 0.05) is 0 Å². The van der Waals surface area contributed by atoms with E-state index in [-0.39, 0.29) is 18.4 Å². The molecule has 1 aromatic heterocycles. The number of hydrogen-bond acceptors (Lipinski definition) is 2. The molecule has 17 heavy (non-hydrogen) atoms. The molecule has 0 aliphatic carbocycles. The van der Waals surface area contributed by atoms with Crippen LogP contribution in [0.2, 0.25) is 0 Å². The molecule has 0 amide bonds. The second kappa shape index (κ2) is 5.67. The Morgan fingerprint density at radius 2 is 1.71 bits per heavy atom. The average molecular weight is 268 g/mol. The molecule has 1 aromatic carbocycles. The first kappa shape index (κ1) is 14.2. The first-order valence-corrected chi connectivity index (χ1v) is 6.39. The summed E-state index contributed by atoms with van der Waals surface area (Å²) in [6, 6.07) is 6.52. The van der Waals surface area contributed by atoms with Crippen LogP contribution in [-0.4, -0.2) is 0 Å². The predicted octanol–water partition coefficient (Wildman–Crippen LogP) is 4.14. The van der Waals surface area contributed by atoms with Crippen molar-refractivity contribution in [2.75, 3.05) is 0 Å². The van der Waals surface area contributed by atoms with E-state index < -0.39 is 0 Å². The molecule has 0 aliphatic rings. The summed E-state index contributed by atoms with van der Waals surface area (Å²) in [4.78, 5) is 0. The minimum absolute atomic E-state index is 0. The van der Waals surface area contributed by atoms with Gasteiger partial charge in [-0.1, -0.05) is 17.7 Å². The van der Waals surface area contributed by atoms with Gasteiger partial charge in [-0.15, -0.1) is 12.4 Å². The molecule has 1 heterocycles. The number of rotatable bonds is 2. The Labute approximate surface area is 113 Å². The van der Waals surface area contributed by atoms with Crippen molar-refractivity contribution < 1.29 is 0 Å². The number of benzene rings is 1. The zero-order chi connectivity index (χ0) is 11.7. The maximum absolute atomic E-state index is 6.32. The minimum atomic E-state index is 0. The van der Waals surface area contributed by atoms with E-state index in [0.29, 0.717) is 0 Å². The van der Waals surface area contributed by atoms with E-state index in [1.807, 2.05) is 0 Å².